The minimum Gasteiger partial charge on any atom is -0.409 e. The molecule has 0 bridgehead atoms. The van der Waals surface area contributed by atoms with Crippen molar-refractivity contribution in [1.82, 2.24) is 4.90 Å². The van der Waals surface area contributed by atoms with E-state index in [1.54, 1.807) is 7.11 Å². The van der Waals surface area contributed by atoms with E-state index in [0.29, 0.717) is 18.4 Å². The summed E-state index contributed by atoms with van der Waals surface area (Å²) in [7, 11) is 1.71. The second kappa shape index (κ2) is 9.16. The lowest BCUT2D eigenvalue weighted by Gasteiger charge is -2.24. The summed E-state index contributed by atoms with van der Waals surface area (Å²) in [5.74, 6) is 0.285. The first-order valence-corrected chi connectivity index (χ1v) is 6.56. The first-order valence-electron chi connectivity index (χ1n) is 6.56. The van der Waals surface area contributed by atoms with Gasteiger partial charge in [-0.25, -0.2) is 0 Å². The number of rotatable bonds is 9. The lowest BCUT2D eigenvalue weighted by Crippen LogP contribution is -2.32. The van der Waals surface area contributed by atoms with Gasteiger partial charge in [-0.15, -0.1) is 0 Å². The van der Waals surface area contributed by atoms with Crippen molar-refractivity contribution in [2.24, 2.45) is 16.3 Å². The van der Waals surface area contributed by atoms with E-state index in [4.69, 9.17) is 15.7 Å². The van der Waals surface area contributed by atoms with Crippen molar-refractivity contribution < 1.29 is 9.94 Å². The van der Waals surface area contributed by atoms with E-state index in [9.17, 15) is 0 Å². The second-order valence-corrected chi connectivity index (χ2v) is 5.84. The number of oxime groups is 1. The lowest BCUT2D eigenvalue weighted by atomic mass is 9.90. The summed E-state index contributed by atoms with van der Waals surface area (Å²) in [6.45, 7) is 10.2. The molecule has 5 heteroatoms. The van der Waals surface area contributed by atoms with E-state index in [0.717, 1.165) is 26.1 Å². The van der Waals surface area contributed by atoms with Crippen molar-refractivity contribution in [3.63, 3.8) is 0 Å². The first kappa shape index (κ1) is 17.2. The molecular weight excluding hydrogens is 230 g/mol. The van der Waals surface area contributed by atoms with Crippen LogP contribution in [0.25, 0.3) is 0 Å². The van der Waals surface area contributed by atoms with Gasteiger partial charge in [0, 0.05) is 26.6 Å². The zero-order valence-corrected chi connectivity index (χ0v) is 12.3. The van der Waals surface area contributed by atoms with Crippen molar-refractivity contribution in [2.45, 2.75) is 40.0 Å². The molecule has 0 aliphatic heterocycles. The summed E-state index contributed by atoms with van der Waals surface area (Å²) >= 11 is 0. The van der Waals surface area contributed by atoms with Crippen LogP contribution in [0.3, 0.4) is 0 Å². The number of hydrogen-bond donors (Lipinski definition) is 2. The average Bonchev–Trinajstić information content (AvgIpc) is 2.29. The SMILES string of the molecule is COCCN(CCCC(C)(C)C)CCC(N)=NO. The zero-order valence-electron chi connectivity index (χ0n) is 12.3. The minimum atomic E-state index is 0.285. The number of methoxy groups -OCH3 is 1. The van der Waals surface area contributed by atoms with Gasteiger partial charge in [0.05, 0.1) is 6.61 Å². The Balaban J connectivity index is 3.98. The highest BCUT2D eigenvalue weighted by atomic mass is 16.5. The fourth-order valence-electron chi connectivity index (χ4n) is 1.71. The third-order valence-corrected chi connectivity index (χ3v) is 2.83. The number of nitrogens with two attached hydrogens (primary N) is 1. The molecule has 0 saturated carbocycles. The normalized spacial score (nSPS) is 13.3. The molecule has 0 fully saturated rings. The highest BCUT2D eigenvalue weighted by Crippen LogP contribution is 2.20. The standard InChI is InChI=1S/C13H29N3O2/c1-13(2,3)7-5-8-16(10-11-18-4)9-6-12(14)15-17/h17H,5-11H2,1-4H3,(H2,14,15). The highest BCUT2D eigenvalue weighted by Gasteiger charge is 2.11. The molecule has 0 aliphatic rings. The molecule has 0 heterocycles. The Morgan fingerprint density at radius 2 is 1.94 bits per heavy atom. The van der Waals surface area contributed by atoms with E-state index in [2.05, 4.69) is 30.8 Å². The Bertz CT molecular complexity index is 237. The molecule has 0 rings (SSSR count). The molecule has 0 atom stereocenters. The van der Waals surface area contributed by atoms with Crippen molar-refractivity contribution in [2.75, 3.05) is 33.4 Å². The second-order valence-electron chi connectivity index (χ2n) is 5.84. The van der Waals surface area contributed by atoms with Crippen LogP contribution in [0.5, 0.6) is 0 Å². The number of nitrogens with zero attached hydrogens (tertiary/aromatic N) is 2. The highest BCUT2D eigenvalue weighted by molar-refractivity contribution is 5.79. The van der Waals surface area contributed by atoms with Crippen molar-refractivity contribution in [3.05, 3.63) is 0 Å². The van der Waals surface area contributed by atoms with Crippen LogP contribution in [0.15, 0.2) is 5.16 Å². The molecule has 0 aliphatic carbocycles. The monoisotopic (exact) mass is 259 g/mol. The maximum absolute atomic E-state index is 8.53. The molecule has 0 amide bonds. The Hall–Kier alpha value is -0.810. The average molecular weight is 259 g/mol. The van der Waals surface area contributed by atoms with Gasteiger partial charge in [-0.3, -0.25) is 0 Å². The summed E-state index contributed by atoms with van der Waals surface area (Å²) in [6.07, 6.45) is 2.94. The Labute approximate surface area is 111 Å². The molecular formula is C13H29N3O2. The van der Waals surface area contributed by atoms with Gasteiger partial charge < -0.3 is 20.6 Å². The fraction of sp³-hybridized carbons (Fsp3) is 0.923. The summed E-state index contributed by atoms with van der Waals surface area (Å²) in [6, 6.07) is 0. The third-order valence-electron chi connectivity index (χ3n) is 2.83. The Kier molecular flexibility index (Phi) is 8.75. The Morgan fingerprint density at radius 1 is 1.28 bits per heavy atom. The number of hydrogen-bond acceptors (Lipinski definition) is 4. The van der Waals surface area contributed by atoms with E-state index < -0.39 is 0 Å². The summed E-state index contributed by atoms with van der Waals surface area (Å²) in [4.78, 5) is 2.30. The van der Waals surface area contributed by atoms with Gasteiger partial charge in [-0.05, 0) is 24.8 Å². The molecule has 0 aromatic carbocycles. The fourth-order valence-corrected chi connectivity index (χ4v) is 1.71. The summed E-state index contributed by atoms with van der Waals surface area (Å²) < 4.78 is 5.10. The molecule has 5 nitrogen and oxygen atoms in total. The topological polar surface area (TPSA) is 71.1 Å². The van der Waals surface area contributed by atoms with Gasteiger partial charge in [0.1, 0.15) is 5.84 Å². The van der Waals surface area contributed by atoms with Gasteiger partial charge in [-0.1, -0.05) is 25.9 Å². The van der Waals surface area contributed by atoms with Crippen LogP contribution in [0, 0.1) is 5.41 Å². The molecule has 0 aromatic heterocycles. The van der Waals surface area contributed by atoms with E-state index in [1.807, 2.05) is 0 Å². The quantitative estimate of drug-likeness (QED) is 0.287. The van der Waals surface area contributed by atoms with Crippen molar-refractivity contribution >= 4 is 5.84 Å². The van der Waals surface area contributed by atoms with Crippen LogP contribution in [0.2, 0.25) is 0 Å². The Morgan fingerprint density at radius 3 is 2.44 bits per heavy atom. The summed E-state index contributed by atoms with van der Waals surface area (Å²) in [5.41, 5.74) is 5.86. The maximum atomic E-state index is 8.53. The van der Waals surface area contributed by atoms with Gasteiger partial charge in [-0.2, -0.15) is 0 Å². The van der Waals surface area contributed by atoms with Gasteiger partial charge in [0.2, 0.25) is 0 Å². The summed E-state index contributed by atoms with van der Waals surface area (Å²) in [5, 5.41) is 11.5. The van der Waals surface area contributed by atoms with E-state index in [1.165, 1.54) is 6.42 Å². The van der Waals surface area contributed by atoms with Gasteiger partial charge >= 0.3 is 0 Å². The van der Waals surface area contributed by atoms with Crippen molar-refractivity contribution in [1.29, 1.82) is 0 Å². The van der Waals surface area contributed by atoms with Crippen LogP contribution >= 0.6 is 0 Å². The van der Waals surface area contributed by atoms with Gasteiger partial charge in [0.15, 0.2) is 0 Å². The smallest absolute Gasteiger partial charge is 0.140 e. The molecule has 0 radical (unpaired) electrons. The van der Waals surface area contributed by atoms with Crippen LogP contribution < -0.4 is 5.73 Å². The molecule has 0 spiro atoms. The predicted molar refractivity (Wildman–Crippen MR) is 75.0 cm³/mol. The lowest BCUT2D eigenvalue weighted by molar-refractivity contribution is 0.145. The van der Waals surface area contributed by atoms with Crippen LogP contribution in [0.4, 0.5) is 0 Å². The molecule has 18 heavy (non-hydrogen) atoms. The molecule has 3 N–H and O–H groups in total. The molecule has 0 saturated heterocycles. The number of ether oxygens (including phenoxy) is 1. The van der Waals surface area contributed by atoms with Gasteiger partial charge in [0.25, 0.3) is 0 Å². The molecule has 0 aromatic rings. The maximum Gasteiger partial charge on any atom is 0.140 e. The predicted octanol–water partition coefficient (Wildman–Crippen LogP) is 1.90. The zero-order chi connectivity index (χ0) is 14.0. The molecule has 108 valence electrons. The van der Waals surface area contributed by atoms with Crippen LogP contribution in [-0.4, -0.2) is 49.3 Å². The number of amidine groups is 1. The largest absolute Gasteiger partial charge is 0.409 e. The van der Waals surface area contributed by atoms with E-state index in [-0.39, 0.29) is 5.84 Å². The van der Waals surface area contributed by atoms with Crippen LogP contribution in [0.1, 0.15) is 40.0 Å². The third kappa shape index (κ3) is 10.4. The van der Waals surface area contributed by atoms with Crippen molar-refractivity contribution in [3.8, 4) is 0 Å². The molecule has 0 unspecified atom stereocenters. The minimum absolute atomic E-state index is 0.285. The first-order chi connectivity index (χ1) is 8.39. The van der Waals surface area contributed by atoms with E-state index >= 15 is 0 Å². The van der Waals surface area contributed by atoms with Crippen LogP contribution in [-0.2, 0) is 4.74 Å².